The van der Waals surface area contributed by atoms with Crippen LogP contribution >= 0.6 is 0 Å². The van der Waals surface area contributed by atoms with Gasteiger partial charge in [-0.1, -0.05) is 200 Å². The predicted octanol–water partition coefficient (Wildman–Crippen LogP) is 14.7. The third-order valence-corrected chi connectivity index (χ3v) is 14.4. The van der Waals surface area contributed by atoms with E-state index in [1.165, 1.54) is 71.7 Å². The number of aromatic nitrogens is 4. The Morgan fingerprint density at radius 2 is 0.886 bits per heavy atom. The highest BCUT2D eigenvalue weighted by molar-refractivity contribution is 6.90. The number of hydrogen-bond donors (Lipinski definition) is 0. The standard InChI is InChI=1S/C64H42BN5/c1-41-54(48-26-16-27-49(38-48)64-67-62(45-22-10-4-11-23-45)66-63(68-64)46-24-12-5-13-25-46)40-58-60-59(41)53-30-17-29-52-51-28-14-15-31-56(51)70(61(52)53)65(60)55-39-47(43-20-8-3-9-21-43)34-37-57(55)69(58)50-35-32-44(33-36-50)42-18-6-2-7-19-42/h2-40H,1H3. The zero-order valence-corrected chi connectivity index (χ0v) is 38.3. The van der Waals surface area contributed by atoms with E-state index < -0.39 is 0 Å². The minimum Gasteiger partial charge on any atom is -0.375 e. The minimum atomic E-state index is -0.0991. The van der Waals surface area contributed by atoms with Gasteiger partial charge in [0.1, 0.15) is 0 Å². The second-order valence-corrected chi connectivity index (χ2v) is 18.4. The summed E-state index contributed by atoms with van der Waals surface area (Å²) < 4.78 is 2.64. The van der Waals surface area contributed by atoms with Gasteiger partial charge < -0.3 is 9.38 Å². The Bertz CT molecular complexity index is 3940. The van der Waals surface area contributed by atoms with Crippen molar-refractivity contribution in [2.24, 2.45) is 0 Å². The van der Waals surface area contributed by atoms with Crippen molar-refractivity contribution in [1.82, 2.24) is 19.4 Å². The summed E-state index contributed by atoms with van der Waals surface area (Å²) in [5, 5.41) is 2.53. The molecule has 0 bridgehead atoms. The molecule has 0 aliphatic carbocycles. The van der Waals surface area contributed by atoms with Crippen molar-refractivity contribution < 1.29 is 0 Å². The van der Waals surface area contributed by atoms with Crippen LogP contribution in [0.25, 0.3) is 100 Å². The Kier molecular flexibility index (Phi) is 9.14. The molecule has 5 nitrogen and oxygen atoms in total. The lowest BCUT2D eigenvalue weighted by Crippen LogP contribution is -2.57. The minimum absolute atomic E-state index is 0.0991. The summed E-state index contributed by atoms with van der Waals surface area (Å²) >= 11 is 0. The lowest BCUT2D eigenvalue weighted by molar-refractivity contribution is 1.07. The number of nitrogens with zero attached hydrogens (tertiary/aromatic N) is 5. The molecule has 2 aliphatic heterocycles. The zero-order valence-electron chi connectivity index (χ0n) is 38.3. The predicted molar refractivity (Wildman–Crippen MR) is 291 cm³/mol. The van der Waals surface area contributed by atoms with Crippen molar-refractivity contribution in [2.75, 3.05) is 4.90 Å². The number of fused-ring (bicyclic) bond motifs is 7. The summed E-state index contributed by atoms with van der Waals surface area (Å²) in [6.45, 7) is 2.22. The van der Waals surface area contributed by atoms with E-state index in [0.29, 0.717) is 17.5 Å². The Balaban J connectivity index is 1.04. The molecular weight excluding hydrogens is 850 g/mol. The van der Waals surface area contributed by atoms with Crippen LogP contribution < -0.4 is 15.8 Å². The van der Waals surface area contributed by atoms with E-state index in [0.717, 1.165) is 44.9 Å². The maximum absolute atomic E-state index is 5.15. The largest absolute Gasteiger partial charge is 0.375 e. The monoisotopic (exact) mass is 891 g/mol. The Morgan fingerprint density at radius 3 is 1.56 bits per heavy atom. The highest BCUT2D eigenvalue weighted by Crippen LogP contribution is 2.49. The lowest BCUT2D eigenvalue weighted by Gasteiger charge is -2.41. The van der Waals surface area contributed by atoms with Gasteiger partial charge >= 0.3 is 6.85 Å². The van der Waals surface area contributed by atoms with Crippen LogP contribution in [0.2, 0.25) is 0 Å². The molecule has 4 heterocycles. The molecular formula is C64H42BN5. The van der Waals surface area contributed by atoms with Crippen molar-refractivity contribution in [3.05, 3.63) is 242 Å². The third kappa shape index (κ3) is 6.30. The summed E-state index contributed by atoms with van der Waals surface area (Å²) in [5.74, 6) is 1.91. The highest BCUT2D eigenvalue weighted by atomic mass is 15.2. The van der Waals surface area contributed by atoms with Gasteiger partial charge in [0.2, 0.25) is 0 Å². The van der Waals surface area contributed by atoms with Crippen molar-refractivity contribution in [3.8, 4) is 78.7 Å². The fraction of sp³-hybridized carbons (Fsp3) is 0.0156. The first-order valence-electron chi connectivity index (χ1n) is 24.0. The molecule has 0 saturated heterocycles. The Labute approximate surface area is 406 Å². The molecule has 0 spiro atoms. The second kappa shape index (κ2) is 16.0. The molecule has 0 fully saturated rings. The molecule has 0 N–H and O–H groups in total. The van der Waals surface area contributed by atoms with Gasteiger partial charge in [-0.05, 0) is 98.8 Å². The van der Waals surface area contributed by atoms with Crippen LogP contribution in [0.15, 0.2) is 237 Å². The van der Waals surface area contributed by atoms with Gasteiger partial charge in [-0.25, -0.2) is 15.0 Å². The summed E-state index contributed by atoms with van der Waals surface area (Å²) in [6.07, 6.45) is 0. The topological polar surface area (TPSA) is 46.8 Å². The molecule has 0 saturated carbocycles. The van der Waals surface area contributed by atoms with E-state index in [9.17, 15) is 0 Å². The molecule has 0 amide bonds. The first kappa shape index (κ1) is 40.0. The first-order valence-corrected chi connectivity index (χ1v) is 24.0. The third-order valence-electron chi connectivity index (χ3n) is 14.4. The molecule has 0 radical (unpaired) electrons. The van der Waals surface area contributed by atoms with Gasteiger partial charge in [0.05, 0.1) is 0 Å². The fourth-order valence-electron chi connectivity index (χ4n) is 11.2. The smallest absolute Gasteiger partial charge is 0.333 e. The van der Waals surface area contributed by atoms with Gasteiger partial charge in [0.15, 0.2) is 17.5 Å². The van der Waals surface area contributed by atoms with E-state index in [4.69, 9.17) is 15.0 Å². The van der Waals surface area contributed by atoms with Gasteiger partial charge in [0.25, 0.3) is 0 Å². The number of benzene rings is 10. The van der Waals surface area contributed by atoms with E-state index in [1.807, 2.05) is 36.4 Å². The van der Waals surface area contributed by atoms with Crippen LogP contribution in [-0.2, 0) is 0 Å². The average molecular weight is 892 g/mol. The van der Waals surface area contributed by atoms with Crippen LogP contribution in [0.3, 0.4) is 0 Å². The summed E-state index contributed by atoms with van der Waals surface area (Å²) in [4.78, 5) is 17.8. The summed E-state index contributed by atoms with van der Waals surface area (Å²) in [7, 11) is 0. The van der Waals surface area contributed by atoms with Crippen LogP contribution in [0.5, 0.6) is 0 Å². The van der Waals surface area contributed by atoms with Crippen molar-refractivity contribution in [3.63, 3.8) is 0 Å². The number of rotatable bonds is 7. The van der Waals surface area contributed by atoms with Gasteiger partial charge in [-0.2, -0.15) is 0 Å². The zero-order chi connectivity index (χ0) is 46.3. The fourth-order valence-corrected chi connectivity index (χ4v) is 11.2. The van der Waals surface area contributed by atoms with Crippen LogP contribution in [0.4, 0.5) is 17.1 Å². The second-order valence-electron chi connectivity index (χ2n) is 18.4. The van der Waals surface area contributed by atoms with Crippen LogP contribution in [0.1, 0.15) is 5.56 Å². The average Bonchev–Trinajstić information content (AvgIpc) is 3.78. The van der Waals surface area contributed by atoms with E-state index in [1.54, 1.807) is 0 Å². The molecule has 326 valence electrons. The molecule has 0 unspecified atom stereocenters. The van der Waals surface area contributed by atoms with Crippen molar-refractivity contribution in [1.29, 1.82) is 0 Å². The molecule has 10 aromatic carbocycles. The molecule has 12 aromatic rings. The number of anilines is 3. The SMILES string of the molecule is Cc1c(-c2cccc(-c3nc(-c4ccccc4)nc(-c4ccccc4)n3)c2)cc2c3c1-c1cccc4c5ccccc5n(c14)B3c1cc(-c3ccccc3)ccc1N2c1ccc(-c2ccccc2)cc1. The number of para-hydroxylation sites is 2. The maximum atomic E-state index is 5.15. The van der Waals surface area contributed by atoms with Crippen LogP contribution in [0, 0.1) is 6.92 Å². The number of hydrogen-bond acceptors (Lipinski definition) is 4. The molecule has 2 aliphatic rings. The van der Waals surface area contributed by atoms with Gasteiger partial charge in [0, 0.05) is 61.1 Å². The highest BCUT2D eigenvalue weighted by Gasteiger charge is 2.44. The van der Waals surface area contributed by atoms with E-state index in [-0.39, 0.29) is 6.85 Å². The lowest BCUT2D eigenvalue weighted by atomic mass is 9.44. The van der Waals surface area contributed by atoms with Crippen molar-refractivity contribution in [2.45, 2.75) is 6.92 Å². The molecule has 14 rings (SSSR count). The normalized spacial score (nSPS) is 12.3. The summed E-state index contributed by atoms with van der Waals surface area (Å²) in [5.41, 5.74) is 22.1. The maximum Gasteiger partial charge on any atom is 0.333 e. The molecule has 2 aromatic heterocycles. The van der Waals surface area contributed by atoms with Crippen molar-refractivity contribution >= 4 is 56.6 Å². The van der Waals surface area contributed by atoms with Gasteiger partial charge in [-0.3, -0.25) is 0 Å². The molecule has 6 heteroatoms. The van der Waals surface area contributed by atoms with Crippen LogP contribution in [-0.4, -0.2) is 26.3 Å². The van der Waals surface area contributed by atoms with Gasteiger partial charge in [-0.15, -0.1) is 0 Å². The first-order chi connectivity index (χ1) is 34.6. The molecule has 70 heavy (non-hydrogen) atoms. The van der Waals surface area contributed by atoms with E-state index in [2.05, 4.69) is 216 Å². The summed E-state index contributed by atoms with van der Waals surface area (Å²) in [6, 6.07) is 85.1. The Hall–Kier alpha value is -9.13. The van der Waals surface area contributed by atoms with E-state index >= 15 is 0 Å². The Morgan fingerprint density at radius 1 is 0.371 bits per heavy atom. The quantitative estimate of drug-likeness (QED) is 0.150. The molecule has 0 atom stereocenters.